The minimum absolute atomic E-state index is 0.858. The van der Waals surface area contributed by atoms with Crippen molar-refractivity contribution in [3.8, 4) is 44.5 Å². The second kappa shape index (κ2) is 14.1. The van der Waals surface area contributed by atoms with E-state index in [2.05, 4.69) is 217 Å². The Labute approximate surface area is 337 Å². The summed E-state index contributed by atoms with van der Waals surface area (Å²) in [6, 6.07) is 80.8. The predicted octanol–water partition coefficient (Wildman–Crippen LogP) is 16.0. The number of hydrogen-bond donors (Lipinski definition) is 0. The molecule has 0 atom stereocenters. The lowest BCUT2D eigenvalue weighted by Crippen LogP contribution is -2.11. The second-order valence-electron chi connectivity index (χ2n) is 14.9. The summed E-state index contributed by atoms with van der Waals surface area (Å²) in [5.41, 5.74) is 14.3. The van der Waals surface area contributed by atoms with Gasteiger partial charge >= 0.3 is 0 Å². The lowest BCUT2D eigenvalue weighted by Gasteiger charge is -2.29. The fraction of sp³-hybridized carbons (Fsp3) is 0. The average Bonchev–Trinajstić information content (AvgIpc) is 3.67. The van der Waals surface area contributed by atoms with Crippen LogP contribution in [-0.2, 0) is 0 Å². The average molecular weight is 740 g/mol. The van der Waals surface area contributed by atoms with E-state index in [0.717, 1.165) is 61.3 Å². The van der Waals surface area contributed by atoms with Crippen molar-refractivity contribution < 1.29 is 4.42 Å². The van der Waals surface area contributed by atoms with E-state index >= 15 is 0 Å². The van der Waals surface area contributed by atoms with Gasteiger partial charge < -0.3 is 9.32 Å². The molecule has 11 rings (SSSR count). The molecule has 1 aromatic heterocycles. The van der Waals surface area contributed by atoms with Crippen molar-refractivity contribution in [2.45, 2.75) is 0 Å². The maximum Gasteiger partial charge on any atom is 0.137 e. The van der Waals surface area contributed by atoms with Gasteiger partial charge in [0.2, 0.25) is 0 Å². The molecule has 0 aliphatic heterocycles. The standard InChI is InChI=1S/C56H37NO/c1-2-13-41(14-3-1)51-33-29-44(50-25-12-18-40-16-5-7-22-48(40)50)36-54(51)57(46-32-34-53-52-23-8-9-26-55(52)58-56(53)37-46)45-30-27-38(28-31-45)42-19-10-20-43(35-42)49-24-11-17-39-15-4-6-21-47(39)49/h1-37H. The van der Waals surface area contributed by atoms with Crippen molar-refractivity contribution in [3.63, 3.8) is 0 Å². The van der Waals surface area contributed by atoms with Gasteiger partial charge in [-0.25, -0.2) is 0 Å². The van der Waals surface area contributed by atoms with E-state index in [1.54, 1.807) is 0 Å². The van der Waals surface area contributed by atoms with Crippen LogP contribution in [0.2, 0.25) is 0 Å². The number of para-hydroxylation sites is 1. The number of fused-ring (bicyclic) bond motifs is 5. The monoisotopic (exact) mass is 739 g/mol. The molecule has 0 saturated carbocycles. The number of furan rings is 1. The van der Waals surface area contributed by atoms with Crippen LogP contribution in [0, 0.1) is 0 Å². The fourth-order valence-corrected chi connectivity index (χ4v) is 8.65. The zero-order valence-electron chi connectivity index (χ0n) is 31.7. The molecule has 2 heteroatoms. The fourth-order valence-electron chi connectivity index (χ4n) is 8.65. The molecule has 0 saturated heterocycles. The predicted molar refractivity (Wildman–Crippen MR) is 245 cm³/mol. The lowest BCUT2D eigenvalue weighted by atomic mass is 9.93. The molecule has 0 amide bonds. The van der Waals surface area contributed by atoms with Gasteiger partial charge in [-0.2, -0.15) is 0 Å². The molecule has 0 aliphatic rings. The van der Waals surface area contributed by atoms with Crippen LogP contribution in [0.5, 0.6) is 0 Å². The Morgan fingerprint density at radius 2 is 0.810 bits per heavy atom. The minimum Gasteiger partial charge on any atom is -0.456 e. The maximum absolute atomic E-state index is 6.50. The van der Waals surface area contributed by atoms with E-state index in [9.17, 15) is 0 Å². The highest BCUT2D eigenvalue weighted by molar-refractivity contribution is 6.07. The molecule has 0 N–H and O–H groups in total. The smallest absolute Gasteiger partial charge is 0.137 e. The Morgan fingerprint density at radius 3 is 1.55 bits per heavy atom. The topological polar surface area (TPSA) is 16.4 Å². The van der Waals surface area contributed by atoms with Crippen LogP contribution in [0.3, 0.4) is 0 Å². The van der Waals surface area contributed by atoms with Gasteiger partial charge in [-0.3, -0.25) is 0 Å². The zero-order valence-corrected chi connectivity index (χ0v) is 31.7. The SMILES string of the molecule is c1ccc(-c2ccc(-c3cccc4ccccc34)cc2N(c2ccc(-c3cccc(-c4cccc5ccccc45)c3)cc2)c2ccc3c(c2)oc2ccccc23)cc1. The Kier molecular flexibility index (Phi) is 8.19. The first-order chi connectivity index (χ1) is 28.7. The lowest BCUT2D eigenvalue weighted by molar-refractivity contribution is 0.669. The van der Waals surface area contributed by atoms with Gasteiger partial charge in [-0.15, -0.1) is 0 Å². The third-order valence-electron chi connectivity index (χ3n) is 11.5. The summed E-state index contributed by atoms with van der Waals surface area (Å²) in [7, 11) is 0. The highest BCUT2D eigenvalue weighted by Gasteiger charge is 2.21. The van der Waals surface area contributed by atoms with Gasteiger partial charge in [-0.05, 0) is 103 Å². The molecule has 1 heterocycles. The second-order valence-corrected chi connectivity index (χ2v) is 14.9. The van der Waals surface area contributed by atoms with Crippen molar-refractivity contribution in [2.75, 3.05) is 4.90 Å². The molecule has 0 spiro atoms. The van der Waals surface area contributed by atoms with E-state index in [4.69, 9.17) is 4.42 Å². The highest BCUT2D eigenvalue weighted by atomic mass is 16.3. The van der Waals surface area contributed by atoms with E-state index < -0.39 is 0 Å². The van der Waals surface area contributed by atoms with E-state index in [-0.39, 0.29) is 0 Å². The molecule has 0 radical (unpaired) electrons. The molecule has 2 nitrogen and oxygen atoms in total. The number of benzene rings is 10. The van der Waals surface area contributed by atoms with Crippen molar-refractivity contribution in [1.29, 1.82) is 0 Å². The normalized spacial score (nSPS) is 11.4. The van der Waals surface area contributed by atoms with E-state index in [0.29, 0.717) is 0 Å². The van der Waals surface area contributed by atoms with E-state index in [1.165, 1.54) is 43.8 Å². The molecular weight excluding hydrogens is 703 g/mol. The van der Waals surface area contributed by atoms with Crippen LogP contribution >= 0.6 is 0 Å². The van der Waals surface area contributed by atoms with Gasteiger partial charge in [0.15, 0.2) is 0 Å². The summed E-state index contributed by atoms with van der Waals surface area (Å²) in [5.74, 6) is 0. The van der Waals surface area contributed by atoms with E-state index in [1.807, 2.05) is 12.1 Å². The summed E-state index contributed by atoms with van der Waals surface area (Å²) < 4.78 is 6.50. The zero-order chi connectivity index (χ0) is 38.4. The summed E-state index contributed by atoms with van der Waals surface area (Å²) in [4.78, 5) is 2.39. The van der Waals surface area contributed by atoms with Gasteiger partial charge in [-0.1, -0.05) is 176 Å². The summed E-state index contributed by atoms with van der Waals surface area (Å²) in [6.45, 7) is 0. The van der Waals surface area contributed by atoms with Gasteiger partial charge in [0.1, 0.15) is 11.2 Å². The minimum atomic E-state index is 0.858. The van der Waals surface area contributed by atoms with Crippen LogP contribution < -0.4 is 4.90 Å². The number of rotatable bonds is 7. The molecular formula is C56H37NO. The number of nitrogens with zero attached hydrogens (tertiary/aromatic N) is 1. The molecule has 0 fully saturated rings. The molecule has 0 aliphatic carbocycles. The summed E-state index contributed by atoms with van der Waals surface area (Å²) in [6.07, 6.45) is 0. The Bertz CT molecular complexity index is 3270. The Morgan fingerprint density at radius 1 is 0.276 bits per heavy atom. The van der Waals surface area contributed by atoms with Crippen molar-refractivity contribution in [1.82, 2.24) is 0 Å². The number of anilines is 3. The summed E-state index contributed by atoms with van der Waals surface area (Å²) >= 11 is 0. The van der Waals surface area contributed by atoms with Crippen LogP contribution in [0.1, 0.15) is 0 Å². The van der Waals surface area contributed by atoms with Crippen molar-refractivity contribution >= 4 is 60.5 Å². The molecule has 58 heavy (non-hydrogen) atoms. The third-order valence-corrected chi connectivity index (χ3v) is 11.5. The van der Waals surface area contributed by atoms with Crippen molar-refractivity contribution in [3.05, 3.63) is 224 Å². The van der Waals surface area contributed by atoms with Gasteiger partial charge in [0.05, 0.1) is 5.69 Å². The largest absolute Gasteiger partial charge is 0.456 e. The first-order valence-electron chi connectivity index (χ1n) is 19.8. The van der Waals surface area contributed by atoms with Gasteiger partial charge in [0, 0.05) is 33.8 Å². The first kappa shape index (κ1) is 33.6. The molecule has 272 valence electrons. The molecule has 11 aromatic rings. The molecule has 0 unspecified atom stereocenters. The quantitative estimate of drug-likeness (QED) is 0.162. The van der Waals surface area contributed by atoms with Crippen LogP contribution in [-0.4, -0.2) is 0 Å². The molecule has 0 bridgehead atoms. The van der Waals surface area contributed by atoms with Crippen molar-refractivity contribution in [2.24, 2.45) is 0 Å². The highest BCUT2D eigenvalue weighted by Crippen LogP contribution is 2.45. The third kappa shape index (κ3) is 5.91. The maximum atomic E-state index is 6.50. The summed E-state index contributed by atoms with van der Waals surface area (Å²) in [5, 5.41) is 7.18. The first-order valence-corrected chi connectivity index (χ1v) is 19.8. The molecule has 10 aromatic carbocycles. The Balaban J connectivity index is 1.09. The number of hydrogen-bond acceptors (Lipinski definition) is 2. The van der Waals surface area contributed by atoms with Gasteiger partial charge in [0.25, 0.3) is 0 Å². The van der Waals surface area contributed by atoms with Crippen LogP contribution in [0.4, 0.5) is 17.1 Å². The van der Waals surface area contributed by atoms with Crippen LogP contribution in [0.25, 0.3) is 88.0 Å². The Hall–Kier alpha value is -7.68. The van der Waals surface area contributed by atoms with Crippen LogP contribution in [0.15, 0.2) is 229 Å².